The molecule has 0 aliphatic heterocycles. The monoisotopic (exact) mass is 418 g/mol. The van der Waals surface area contributed by atoms with Gasteiger partial charge in [-0.15, -0.1) is 0 Å². The fraction of sp³-hybridized carbons (Fsp3) is 0.158. The number of benzene rings is 2. The van der Waals surface area contributed by atoms with Crippen molar-refractivity contribution in [1.82, 2.24) is 10.1 Å². The van der Waals surface area contributed by atoms with Gasteiger partial charge in [-0.25, -0.2) is 9.18 Å². The summed E-state index contributed by atoms with van der Waals surface area (Å²) in [5.74, 6) is -1.99. The molecule has 1 atom stereocenters. The molecule has 3 N–H and O–H groups in total. The highest BCUT2D eigenvalue weighted by atomic mass is 35.5. The second-order valence-corrected chi connectivity index (χ2v) is 6.58. The maximum atomic E-state index is 13.3. The number of nitrogens with zero attached hydrogens (tertiary/aromatic N) is 3. The van der Waals surface area contributed by atoms with E-state index in [1.54, 1.807) is 12.1 Å². The molecule has 1 amide bonds. The molecule has 0 saturated heterocycles. The van der Waals surface area contributed by atoms with Crippen LogP contribution in [-0.4, -0.2) is 40.2 Å². The highest BCUT2D eigenvalue weighted by Crippen LogP contribution is 2.23. The van der Waals surface area contributed by atoms with Gasteiger partial charge in [0.15, 0.2) is 0 Å². The predicted molar refractivity (Wildman–Crippen MR) is 103 cm³/mol. The summed E-state index contributed by atoms with van der Waals surface area (Å²) in [5, 5.41) is 13.0. The van der Waals surface area contributed by atoms with Crippen LogP contribution in [-0.2, 0) is 11.2 Å². The number of aromatic carboxylic acids is 1. The summed E-state index contributed by atoms with van der Waals surface area (Å²) in [6.45, 7) is 0. The maximum Gasteiger partial charge on any atom is 0.337 e. The van der Waals surface area contributed by atoms with Crippen molar-refractivity contribution in [2.24, 2.45) is 5.73 Å². The van der Waals surface area contributed by atoms with E-state index in [0.29, 0.717) is 5.56 Å². The van der Waals surface area contributed by atoms with Crippen molar-refractivity contribution in [2.75, 3.05) is 11.9 Å². The Morgan fingerprint density at radius 1 is 1.31 bits per heavy atom. The van der Waals surface area contributed by atoms with Crippen molar-refractivity contribution >= 4 is 29.2 Å². The molecular weight excluding hydrogens is 403 g/mol. The molecule has 3 aromatic rings. The number of nitrogens with two attached hydrogens (primary N) is 1. The van der Waals surface area contributed by atoms with Crippen LogP contribution in [0.3, 0.4) is 0 Å². The van der Waals surface area contributed by atoms with Crippen LogP contribution in [0.4, 0.5) is 10.1 Å². The Morgan fingerprint density at radius 3 is 2.72 bits per heavy atom. The number of likely N-dealkylation sites (N-methyl/N-ethyl adjacent to an activating group) is 1. The first-order chi connectivity index (χ1) is 13.8. The fourth-order valence-electron chi connectivity index (χ4n) is 2.68. The molecule has 0 saturated carbocycles. The van der Waals surface area contributed by atoms with Gasteiger partial charge >= 0.3 is 5.97 Å². The van der Waals surface area contributed by atoms with E-state index in [1.165, 1.54) is 42.3 Å². The number of anilines is 1. The lowest BCUT2D eigenvalue weighted by Gasteiger charge is -2.22. The van der Waals surface area contributed by atoms with Gasteiger partial charge < -0.3 is 20.3 Å². The molecule has 0 radical (unpaired) electrons. The Bertz CT molecular complexity index is 1070. The quantitative estimate of drug-likeness (QED) is 0.630. The van der Waals surface area contributed by atoms with Crippen LogP contribution in [0.5, 0.6) is 0 Å². The van der Waals surface area contributed by atoms with Crippen molar-refractivity contribution in [1.29, 1.82) is 0 Å². The first-order valence-electron chi connectivity index (χ1n) is 8.41. The van der Waals surface area contributed by atoms with Crippen molar-refractivity contribution < 1.29 is 23.6 Å². The number of amides is 1. The van der Waals surface area contributed by atoms with E-state index in [1.807, 2.05) is 0 Å². The lowest BCUT2D eigenvalue weighted by Crippen LogP contribution is -2.43. The number of carbonyl (C=O) groups is 2. The van der Waals surface area contributed by atoms with Crippen molar-refractivity contribution in [3.8, 4) is 11.4 Å². The van der Waals surface area contributed by atoms with Crippen molar-refractivity contribution in [3.05, 3.63) is 64.8 Å². The molecule has 8 nitrogen and oxygen atoms in total. The number of hydrogen-bond acceptors (Lipinski definition) is 6. The molecule has 1 aromatic heterocycles. The van der Waals surface area contributed by atoms with Crippen LogP contribution in [0.25, 0.3) is 11.4 Å². The standard InChI is InChI=1S/C19H16ClFN4O4/c1-25(15-5-3-2-4-11(15)19(27)28)18(26)14(22)9-16-23-17(24-29-16)10-6-7-13(21)12(20)8-10/h2-8,14H,9,22H2,1H3,(H,27,28). The lowest BCUT2D eigenvalue weighted by atomic mass is 10.1. The van der Waals surface area contributed by atoms with Gasteiger partial charge in [-0.3, -0.25) is 4.79 Å². The third-order valence-corrected chi connectivity index (χ3v) is 4.47. The first-order valence-corrected chi connectivity index (χ1v) is 8.79. The van der Waals surface area contributed by atoms with Crippen LogP contribution in [0.2, 0.25) is 5.02 Å². The zero-order valence-electron chi connectivity index (χ0n) is 15.2. The van der Waals surface area contributed by atoms with Gasteiger partial charge in [0.2, 0.25) is 17.6 Å². The minimum atomic E-state index is -1.16. The van der Waals surface area contributed by atoms with Gasteiger partial charge in [0.1, 0.15) is 5.82 Å². The maximum absolute atomic E-state index is 13.3. The normalized spacial score (nSPS) is 11.9. The molecule has 1 unspecified atom stereocenters. The summed E-state index contributed by atoms with van der Waals surface area (Å²) < 4.78 is 18.4. The molecule has 150 valence electrons. The smallest absolute Gasteiger partial charge is 0.337 e. The molecule has 0 spiro atoms. The van der Waals surface area contributed by atoms with E-state index in [0.717, 1.165) is 0 Å². The summed E-state index contributed by atoms with van der Waals surface area (Å²) in [4.78, 5) is 29.3. The summed E-state index contributed by atoms with van der Waals surface area (Å²) in [6, 6.07) is 9.01. The minimum Gasteiger partial charge on any atom is -0.478 e. The molecule has 2 aromatic carbocycles. The first kappa shape index (κ1) is 20.4. The van der Waals surface area contributed by atoms with Gasteiger partial charge in [-0.05, 0) is 30.3 Å². The Labute approximate surface area is 169 Å². The molecular formula is C19H16ClFN4O4. The molecule has 29 heavy (non-hydrogen) atoms. The number of carbonyl (C=O) groups excluding carboxylic acids is 1. The number of para-hydroxylation sites is 1. The van der Waals surface area contributed by atoms with Crippen LogP contribution in [0.1, 0.15) is 16.2 Å². The minimum absolute atomic E-state index is 0.0242. The summed E-state index contributed by atoms with van der Waals surface area (Å²) >= 11 is 5.75. The van der Waals surface area contributed by atoms with Crippen LogP contribution < -0.4 is 10.6 Å². The van der Waals surface area contributed by atoms with E-state index in [9.17, 15) is 19.1 Å². The number of hydrogen-bond donors (Lipinski definition) is 2. The van der Waals surface area contributed by atoms with E-state index in [-0.39, 0.29) is 34.4 Å². The van der Waals surface area contributed by atoms with Gasteiger partial charge in [0.25, 0.3) is 0 Å². The number of aromatic nitrogens is 2. The Balaban J connectivity index is 1.74. The van der Waals surface area contributed by atoms with Crippen LogP contribution in [0, 0.1) is 5.82 Å². The molecule has 0 fully saturated rings. The van der Waals surface area contributed by atoms with Crippen LogP contribution in [0.15, 0.2) is 47.0 Å². The lowest BCUT2D eigenvalue weighted by molar-refractivity contribution is -0.119. The summed E-state index contributed by atoms with van der Waals surface area (Å²) in [7, 11) is 1.43. The Kier molecular flexibility index (Phi) is 5.90. The van der Waals surface area contributed by atoms with Gasteiger partial charge in [-0.1, -0.05) is 28.9 Å². The summed E-state index contributed by atoms with van der Waals surface area (Å²) in [5.41, 5.74) is 6.60. The predicted octanol–water partition coefficient (Wildman–Crippen LogP) is 2.76. The fourth-order valence-corrected chi connectivity index (χ4v) is 2.86. The van der Waals surface area contributed by atoms with E-state index in [2.05, 4.69) is 10.1 Å². The number of carboxylic acid groups (broad SMARTS) is 1. The highest BCUT2D eigenvalue weighted by molar-refractivity contribution is 6.31. The number of rotatable bonds is 6. The molecule has 1 heterocycles. The molecule has 10 heteroatoms. The molecule has 0 bridgehead atoms. The van der Waals surface area contributed by atoms with E-state index in [4.69, 9.17) is 21.9 Å². The second-order valence-electron chi connectivity index (χ2n) is 6.17. The number of halogens is 2. The molecule has 3 rings (SSSR count). The zero-order valence-corrected chi connectivity index (χ0v) is 15.9. The molecule has 0 aliphatic carbocycles. The van der Waals surface area contributed by atoms with Crippen molar-refractivity contribution in [3.63, 3.8) is 0 Å². The second kappa shape index (κ2) is 8.38. The SMILES string of the molecule is CN(C(=O)C(N)Cc1nc(-c2ccc(F)c(Cl)c2)no1)c1ccccc1C(=O)O. The van der Waals surface area contributed by atoms with Crippen molar-refractivity contribution in [2.45, 2.75) is 12.5 Å². The van der Waals surface area contributed by atoms with E-state index < -0.39 is 23.7 Å². The van der Waals surface area contributed by atoms with Crippen LogP contribution >= 0.6 is 11.6 Å². The Hall–Kier alpha value is -3.30. The topological polar surface area (TPSA) is 123 Å². The largest absolute Gasteiger partial charge is 0.478 e. The zero-order chi connectivity index (χ0) is 21.1. The summed E-state index contributed by atoms with van der Waals surface area (Å²) in [6.07, 6.45) is -0.0691. The third-order valence-electron chi connectivity index (χ3n) is 4.18. The van der Waals surface area contributed by atoms with Gasteiger partial charge in [-0.2, -0.15) is 4.98 Å². The average molecular weight is 419 g/mol. The van der Waals surface area contributed by atoms with E-state index >= 15 is 0 Å². The Morgan fingerprint density at radius 2 is 2.03 bits per heavy atom. The highest BCUT2D eigenvalue weighted by Gasteiger charge is 2.25. The molecule has 0 aliphatic rings. The number of carboxylic acids is 1. The van der Waals surface area contributed by atoms with Gasteiger partial charge in [0, 0.05) is 12.6 Å². The van der Waals surface area contributed by atoms with Gasteiger partial charge in [0.05, 0.1) is 28.7 Å². The third kappa shape index (κ3) is 4.41. The average Bonchev–Trinajstić information content (AvgIpc) is 3.17.